The van der Waals surface area contributed by atoms with E-state index in [0.29, 0.717) is 11.5 Å². The predicted octanol–water partition coefficient (Wildman–Crippen LogP) is 1.82. The van der Waals surface area contributed by atoms with Crippen LogP contribution >= 0.6 is 0 Å². The lowest BCUT2D eigenvalue weighted by molar-refractivity contribution is -0.124. The molecule has 9 nitrogen and oxygen atoms in total. The lowest BCUT2D eigenvalue weighted by atomic mass is 10.1. The van der Waals surface area contributed by atoms with Crippen LogP contribution in [0.4, 0.5) is 5.69 Å². The predicted molar refractivity (Wildman–Crippen MR) is 104 cm³/mol. The normalized spacial score (nSPS) is 13.4. The standard InChI is InChI=1S/C19H20N2O7S/c1-12(13-6-7-16-17(9-13)28-11-27-16)20-18(22)10-26-19(23)14-4-3-5-15(8-14)21-29(2,24)25/h3-9,12,21H,10-11H2,1-2H3,(H,20,22). The molecule has 0 saturated heterocycles. The van der Waals surface area contributed by atoms with E-state index in [9.17, 15) is 18.0 Å². The van der Waals surface area contributed by atoms with Gasteiger partial charge in [-0.25, -0.2) is 13.2 Å². The summed E-state index contributed by atoms with van der Waals surface area (Å²) in [5.74, 6) is 0.0355. The Bertz CT molecular complexity index is 1040. The van der Waals surface area contributed by atoms with Gasteiger partial charge in [-0.3, -0.25) is 9.52 Å². The number of hydrogen-bond donors (Lipinski definition) is 2. The third-order valence-electron chi connectivity index (χ3n) is 4.01. The largest absolute Gasteiger partial charge is 0.454 e. The summed E-state index contributed by atoms with van der Waals surface area (Å²) in [7, 11) is -3.47. The summed E-state index contributed by atoms with van der Waals surface area (Å²) in [5.41, 5.74) is 1.16. The van der Waals surface area contributed by atoms with E-state index < -0.39 is 28.5 Å². The van der Waals surface area contributed by atoms with E-state index in [1.807, 2.05) is 6.07 Å². The van der Waals surface area contributed by atoms with E-state index in [-0.39, 0.29) is 24.1 Å². The monoisotopic (exact) mass is 420 g/mol. The van der Waals surface area contributed by atoms with Gasteiger partial charge < -0.3 is 19.5 Å². The lowest BCUT2D eigenvalue weighted by Gasteiger charge is -2.15. The summed E-state index contributed by atoms with van der Waals surface area (Å²) >= 11 is 0. The molecule has 0 aromatic heterocycles. The zero-order valence-electron chi connectivity index (χ0n) is 15.8. The molecule has 0 fully saturated rings. The van der Waals surface area contributed by atoms with Gasteiger partial charge in [0.15, 0.2) is 18.1 Å². The molecule has 1 aliphatic rings. The molecule has 2 aromatic rings. The Hall–Kier alpha value is -3.27. The van der Waals surface area contributed by atoms with E-state index in [1.54, 1.807) is 19.1 Å². The van der Waals surface area contributed by atoms with Gasteiger partial charge in [0.25, 0.3) is 5.91 Å². The van der Waals surface area contributed by atoms with Gasteiger partial charge >= 0.3 is 5.97 Å². The summed E-state index contributed by atoms with van der Waals surface area (Å²) in [5, 5.41) is 2.73. The number of sulfonamides is 1. The highest BCUT2D eigenvalue weighted by Crippen LogP contribution is 2.34. The number of rotatable bonds is 7. The number of ether oxygens (including phenoxy) is 3. The second-order valence-corrected chi connectivity index (χ2v) is 8.18. The average Bonchev–Trinajstić information content (AvgIpc) is 3.12. The maximum atomic E-state index is 12.1. The molecule has 0 bridgehead atoms. The first kappa shape index (κ1) is 20.5. The molecule has 0 spiro atoms. The Morgan fingerprint density at radius 1 is 1.14 bits per heavy atom. The van der Waals surface area contributed by atoms with Gasteiger partial charge in [0.2, 0.25) is 16.8 Å². The van der Waals surface area contributed by atoms with Crippen molar-refractivity contribution < 1.29 is 32.2 Å². The van der Waals surface area contributed by atoms with Crippen LogP contribution in [-0.4, -0.2) is 39.9 Å². The Balaban J connectivity index is 1.53. The minimum atomic E-state index is -3.47. The zero-order chi connectivity index (χ0) is 21.0. The van der Waals surface area contributed by atoms with Crippen molar-refractivity contribution >= 4 is 27.6 Å². The highest BCUT2D eigenvalue weighted by Gasteiger charge is 2.18. The summed E-state index contributed by atoms with van der Waals surface area (Å²) in [6, 6.07) is 10.8. The molecule has 3 rings (SSSR count). The summed E-state index contributed by atoms with van der Waals surface area (Å²) < 4.78 is 40.4. The number of carbonyl (C=O) groups is 2. The molecule has 0 saturated carbocycles. The second kappa shape index (κ2) is 8.39. The van der Waals surface area contributed by atoms with Gasteiger partial charge in [-0.1, -0.05) is 12.1 Å². The third-order valence-corrected chi connectivity index (χ3v) is 4.62. The summed E-state index contributed by atoms with van der Waals surface area (Å²) in [6.45, 7) is 1.48. The molecule has 154 valence electrons. The Labute approximate surface area is 168 Å². The number of esters is 1. The number of carbonyl (C=O) groups excluding carboxylic acids is 2. The maximum Gasteiger partial charge on any atom is 0.338 e. The smallest absolute Gasteiger partial charge is 0.338 e. The van der Waals surface area contributed by atoms with Crippen LogP contribution in [0.25, 0.3) is 0 Å². The molecule has 2 N–H and O–H groups in total. The van der Waals surface area contributed by atoms with Crippen molar-refractivity contribution in [1.82, 2.24) is 5.32 Å². The molecule has 1 atom stereocenters. The van der Waals surface area contributed by atoms with Crippen molar-refractivity contribution in [3.8, 4) is 11.5 Å². The molecular weight excluding hydrogens is 400 g/mol. The van der Waals surface area contributed by atoms with E-state index in [4.69, 9.17) is 14.2 Å². The van der Waals surface area contributed by atoms with Gasteiger partial charge in [-0.2, -0.15) is 0 Å². The van der Waals surface area contributed by atoms with Gasteiger partial charge in [-0.05, 0) is 42.8 Å². The van der Waals surface area contributed by atoms with Crippen molar-refractivity contribution in [3.63, 3.8) is 0 Å². The first-order valence-electron chi connectivity index (χ1n) is 8.65. The quantitative estimate of drug-likeness (QED) is 0.656. The van der Waals surface area contributed by atoms with Crippen molar-refractivity contribution in [3.05, 3.63) is 53.6 Å². The van der Waals surface area contributed by atoms with E-state index in [1.165, 1.54) is 24.3 Å². The fourth-order valence-electron chi connectivity index (χ4n) is 2.69. The number of amides is 1. The first-order valence-corrected chi connectivity index (χ1v) is 10.5. The Kier molecular flexibility index (Phi) is 5.92. The van der Waals surface area contributed by atoms with Crippen molar-refractivity contribution in [2.24, 2.45) is 0 Å². The number of hydrogen-bond acceptors (Lipinski definition) is 7. The van der Waals surface area contributed by atoms with Crippen molar-refractivity contribution in [1.29, 1.82) is 0 Å². The van der Waals surface area contributed by atoms with Gasteiger partial charge in [0.1, 0.15) is 0 Å². The van der Waals surface area contributed by atoms with Gasteiger partial charge in [-0.15, -0.1) is 0 Å². The fourth-order valence-corrected chi connectivity index (χ4v) is 3.24. The Morgan fingerprint density at radius 2 is 1.90 bits per heavy atom. The van der Waals surface area contributed by atoms with Crippen LogP contribution in [0, 0.1) is 0 Å². The summed E-state index contributed by atoms with van der Waals surface area (Å²) in [4.78, 5) is 24.3. The zero-order valence-corrected chi connectivity index (χ0v) is 16.6. The number of fused-ring (bicyclic) bond motifs is 1. The van der Waals surface area contributed by atoms with Crippen LogP contribution in [0.3, 0.4) is 0 Å². The van der Waals surface area contributed by atoms with Crippen LogP contribution in [0.5, 0.6) is 11.5 Å². The van der Waals surface area contributed by atoms with E-state index in [0.717, 1.165) is 11.8 Å². The van der Waals surface area contributed by atoms with Gasteiger partial charge in [0, 0.05) is 5.69 Å². The highest BCUT2D eigenvalue weighted by atomic mass is 32.2. The molecule has 0 radical (unpaired) electrons. The van der Waals surface area contributed by atoms with Crippen LogP contribution < -0.4 is 19.5 Å². The van der Waals surface area contributed by atoms with E-state index in [2.05, 4.69) is 10.0 Å². The minimum Gasteiger partial charge on any atom is -0.454 e. The Morgan fingerprint density at radius 3 is 2.66 bits per heavy atom. The SMILES string of the molecule is CC(NC(=O)COC(=O)c1cccc(NS(C)(=O)=O)c1)c1ccc2c(c1)OCO2. The molecule has 1 unspecified atom stereocenters. The van der Waals surface area contributed by atoms with Crippen LogP contribution in [0.15, 0.2) is 42.5 Å². The molecule has 1 aliphatic heterocycles. The van der Waals surface area contributed by atoms with Crippen LogP contribution in [0.1, 0.15) is 28.9 Å². The topological polar surface area (TPSA) is 120 Å². The molecule has 1 heterocycles. The van der Waals surface area contributed by atoms with E-state index >= 15 is 0 Å². The molecule has 29 heavy (non-hydrogen) atoms. The van der Waals surface area contributed by atoms with Gasteiger partial charge in [0.05, 0.1) is 17.9 Å². The van der Waals surface area contributed by atoms with Crippen LogP contribution in [-0.2, 0) is 19.6 Å². The highest BCUT2D eigenvalue weighted by molar-refractivity contribution is 7.92. The van der Waals surface area contributed by atoms with Crippen molar-refractivity contribution in [2.45, 2.75) is 13.0 Å². The molecule has 1 amide bonds. The maximum absolute atomic E-state index is 12.1. The third kappa shape index (κ3) is 5.61. The first-order chi connectivity index (χ1) is 13.7. The van der Waals surface area contributed by atoms with Crippen LogP contribution in [0.2, 0.25) is 0 Å². The molecule has 2 aromatic carbocycles. The minimum absolute atomic E-state index is 0.121. The molecular formula is C19H20N2O7S. The average molecular weight is 420 g/mol. The molecule has 0 aliphatic carbocycles. The van der Waals surface area contributed by atoms with Crippen molar-refractivity contribution in [2.75, 3.05) is 24.4 Å². The number of anilines is 1. The second-order valence-electron chi connectivity index (χ2n) is 6.43. The number of benzene rings is 2. The molecule has 10 heteroatoms. The summed E-state index contributed by atoms with van der Waals surface area (Å²) in [6.07, 6.45) is 1.00. The fraction of sp³-hybridized carbons (Fsp3) is 0.263. The lowest BCUT2D eigenvalue weighted by Crippen LogP contribution is -2.31. The number of nitrogens with one attached hydrogen (secondary N) is 2.